The van der Waals surface area contributed by atoms with Crippen LogP contribution in [0, 0.1) is 9.39 Å². The molecule has 0 saturated carbocycles. The van der Waals surface area contributed by atoms with Gasteiger partial charge in [0.05, 0.1) is 15.6 Å². The fourth-order valence-electron chi connectivity index (χ4n) is 4.23. The Kier molecular flexibility index (Phi) is 8.36. The van der Waals surface area contributed by atoms with E-state index in [1.54, 1.807) is 12.1 Å². The average Bonchev–Trinajstić information content (AvgIpc) is 3.19. The number of thioether (sulfide) groups is 1. The highest BCUT2D eigenvalue weighted by molar-refractivity contribution is 14.1. The molecule has 4 aromatic carbocycles. The summed E-state index contributed by atoms with van der Waals surface area (Å²) in [6.45, 7) is -0.149. The first-order valence-corrected chi connectivity index (χ1v) is 14.0. The van der Waals surface area contributed by atoms with Gasteiger partial charge in [0, 0.05) is 5.69 Å². The summed E-state index contributed by atoms with van der Waals surface area (Å²) in [4.78, 5) is 38.9. The van der Waals surface area contributed by atoms with Crippen molar-refractivity contribution < 1.29 is 28.2 Å². The van der Waals surface area contributed by atoms with Gasteiger partial charge in [-0.15, -0.1) is 0 Å². The summed E-state index contributed by atoms with van der Waals surface area (Å²) in [7, 11) is 1.53. The van der Waals surface area contributed by atoms with Crippen LogP contribution >= 0.6 is 34.4 Å². The summed E-state index contributed by atoms with van der Waals surface area (Å²) < 4.78 is 25.9. The van der Waals surface area contributed by atoms with Gasteiger partial charge < -0.3 is 14.8 Å². The summed E-state index contributed by atoms with van der Waals surface area (Å²) in [5.41, 5.74) is 1.90. The third-order valence-corrected chi connectivity index (χ3v) is 7.79. The van der Waals surface area contributed by atoms with Crippen molar-refractivity contribution in [3.05, 3.63) is 104 Å². The zero-order chi connectivity index (χ0) is 28.2. The topological polar surface area (TPSA) is 84.9 Å². The molecule has 1 aliphatic heterocycles. The van der Waals surface area contributed by atoms with Crippen molar-refractivity contribution in [2.75, 3.05) is 19.0 Å². The van der Waals surface area contributed by atoms with Crippen molar-refractivity contribution in [1.29, 1.82) is 0 Å². The molecule has 10 heteroatoms. The van der Waals surface area contributed by atoms with Gasteiger partial charge in [0.2, 0.25) is 5.91 Å². The highest BCUT2D eigenvalue weighted by Crippen LogP contribution is 2.38. The molecule has 40 heavy (non-hydrogen) atoms. The second-order valence-electron chi connectivity index (χ2n) is 8.79. The third kappa shape index (κ3) is 6.13. The second-order valence-corrected chi connectivity index (χ2v) is 10.9. The maximum absolute atomic E-state index is 13.4. The first-order valence-electron chi connectivity index (χ1n) is 12.1. The number of imide groups is 1. The van der Waals surface area contributed by atoms with Crippen LogP contribution in [0.25, 0.3) is 16.8 Å². The lowest BCUT2D eigenvalue weighted by molar-refractivity contribution is -0.127. The summed E-state index contributed by atoms with van der Waals surface area (Å²) in [5, 5.41) is 4.16. The number of hydrogen-bond acceptors (Lipinski definition) is 6. The van der Waals surface area contributed by atoms with Crippen LogP contribution in [-0.4, -0.2) is 35.6 Å². The summed E-state index contributed by atoms with van der Waals surface area (Å²) in [6.07, 6.45) is 1.58. The quantitative estimate of drug-likeness (QED) is 0.164. The lowest BCUT2D eigenvalue weighted by Crippen LogP contribution is -2.36. The minimum atomic E-state index is -0.613. The number of nitrogens with zero attached hydrogens (tertiary/aromatic N) is 1. The van der Waals surface area contributed by atoms with Gasteiger partial charge in [0.1, 0.15) is 19.0 Å². The Morgan fingerprint density at radius 2 is 1.82 bits per heavy atom. The normalized spacial score (nSPS) is 14.2. The minimum Gasteiger partial charge on any atom is -0.493 e. The molecule has 0 unspecified atom stereocenters. The van der Waals surface area contributed by atoms with Crippen LogP contribution < -0.4 is 14.8 Å². The molecule has 1 N–H and O–H groups in total. The summed E-state index contributed by atoms with van der Waals surface area (Å²) in [5.74, 6) is -0.669. The summed E-state index contributed by atoms with van der Waals surface area (Å²) >= 11 is 2.89. The SMILES string of the molecule is COc1cc(/C=C2/SC(=O)N(CC(=O)Nc3cccc(F)c3)C2=O)cc(I)c1OCc1cccc2ccccc12. The number of hydrogen-bond donors (Lipinski definition) is 1. The van der Waals surface area contributed by atoms with Crippen molar-refractivity contribution in [3.63, 3.8) is 0 Å². The van der Waals surface area contributed by atoms with Gasteiger partial charge in [-0.2, -0.15) is 0 Å². The van der Waals surface area contributed by atoms with E-state index in [0.29, 0.717) is 23.7 Å². The number of methoxy groups -OCH3 is 1. The van der Waals surface area contributed by atoms with Crippen molar-refractivity contribution in [1.82, 2.24) is 4.90 Å². The molecule has 0 spiro atoms. The lowest BCUT2D eigenvalue weighted by Gasteiger charge is -2.15. The Bertz CT molecular complexity index is 1670. The van der Waals surface area contributed by atoms with Crippen LogP contribution in [0.3, 0.4) is 0 Å². The standard InChI is InChI=1S/C30H22FIN2O5S/c1-38-25-13-18(12-24(32)28(25)39-17-20-8-4-7-19-6-2-3-11-23(19)20)14-26-29(36)34(30(37)40-26)16-27(35)33-22-10-5-9-21(31)15-22/h2-15H,16-17H2,1H3,(H,33,35)/b26-14+. The molecular formula is C30H22FIN2O5S. The van der Waals surface area contributed by atoms with Crippen LogP contribution in [0.4, 0.5) is 14.9 Å². The predicted molar refractivity (Wildman–Crippen MR) is 162 cm³/mol. The Morgan fingerprint density at radius 1 is 1.05 bits per heavy atom. The van der Waals surface area contributed by atoms with E-state index in [-0.39, 0.29) is 10.6 Å². The number of rotatable bonds is 8. The van der Waals surface area contributed by atoms with Crippen molar-refractivity contribution >= 4 is 73.9 Å². The highest BCUT2D eigenvalue weighted by Gasteiger charge is 2.36. The van der Waals surface area contributed by atoms with Crippen LogP contribution in [0.2, 0.25) is 0 Å². The summed E-state index contributed by atoms with van der Waals surface area (Å²) in [6, 6.07) is 23.1. The number of ether oxygens (including phenoxy) is 2. The van der Waals surface area contributed by atoms with E-state index in [1.165, 1.54) is 25.3 Å². The van der Waals surface area contributed by atoms with Gasteiger partial charge in [-0.1, -0.05) is 48.5 Å². The average molecular weight is 668 g/mol. The molecular weight excluding hydrogens is 646 g/mol. The number of benzene rings is 4. The van der Waals surface area contributed by atoms with E-state index in [0.717, 1.165) is 42.6 Å². The molecule has 0 aromatic heterocycles. The number of fused-ring (bicyclic) bond motifs is 1. The maximum Gasteiger partial charge on any atom is 0.294 e. The number of carbonyl (C=O) groups excluding carboxylic acids is 3. The second kappa shape index (κ2) is 12.1. The molecule has 3 amide bonds. The zero-order valence-electron chi connectivity index (χ0n) is 21.1. The maximum atomic E-state index is 13.4. The van der Waals surface area contributed by atoms with Crippen LogP contribution in [-0.2, 0) is 16.2 Å². The van der Waals surface area contributed by atoms with E-state index in [9.17, 15) is 18.8 Å². The van der Waals surface area contributed by atoms with E-state index in [1.807, 2.05) is 30.3 Å². The van der Waals surface area contributed by atoms with Gasteiger partial charge in [-0.05, 0) is 92.7 Å². The van der Waals surface area contributed by atoms with Crippen LogP contribution in [0.15, 0.2) is 83.8 Å². The van der Waals surface area contributed by atoms with Gasteiger partial charge in [0.15, 0.2) is 11.5 Å². The molecule has 1 saturated heterocycles. The number of anilines is 1. The first-order chi connectivity index (χ1) is 19.3. The zero-order valence-corrected chi connectivity index (χ0v) is 24.1. The fourth-order valence-corrected chi connectivity index (χ4v) is 5.85. The molecule has 0 aliphatic carbocycles. The number of amides is 3. The monoisotopic (exact) mass is 668 g/mol. The largest absolute Gasteiger partial charge is 0.493 e. The Morgan fingerprint density at radius 3 is 2.62 bits per heavy atom. The van der Waals surface area contributed by atoms with Gasteiger partial charge in [-0.25, -0.2) is 4.39 Å². The molecule has 1 aliphatic rings. The van der Waals surface area contributed by atoms with E-state index < -0.39 is 29.4 Å². The fraction of sp³-hybridized carbons (Fsp3) is 0.100. The van der Waals surface area contributed by atoms with E-state index in [2.05, 4.69) is 46.1 Å². The molecule has 7 nitrogen and oxygen atoms in total. The molecule has 0 atom stereocenters. The van der Waals surface area contributed by atoms with Gasteiger partial charge in [0.25, 0.3) is 11.1 Å². The molecule has 1 fully saturated rings. The van der Waals surface area contributed by atoms with Gasteiger partial charge in [-0.3, -0.25) is 19.3 Å². The Labute approximate surface area is 247 Å². The van der Waals surface area contributed by atoms with E-state index >= 15 is 0 Å². The van der Waals surface area contributed by atoms with Crippen LogP contribution in [0.1, 0.15) is 11.1 Å². The highest BCUT2D eigenvalue weighted by atomic mass is 127. The predicted octanol–water partition coefficient (Wildman–Crippen LogP) is 6.85. The molecule has 1 heterocycles. The van der Waals surface area contributed by atoms with Crippen molar-refractivity contribution in [2.24, 2.45) is 0 Å². The molecule has 4 aromatic rings. The number of nitrogens with one attached hydrogen (secondary N) is 1. The van der Waals surface area contributed by atoms with Crippen LogP contribution in [0.5, 0.6) is 11.5 Å². The lowest BCUT2D eigenvalue weighted by atomic mass is 10.1. The molecule has 0 bridgehead atoms. The smallest absolute Gasteiger partial charge is 0.294 e. The Hall–Kier alpha value is -3.90. The van der Waals surface area contributed by atoms with E-state index in [4.69, 9.17) is 9.47 Å². The Balaban J connectivity index is 1.30. The molecule has 5 rings (SSSR count). The van der Waals surface area contributed by atoms with Crippen molar-refractivity contribution in [3.8, 4) is 11.5 Å². The third-order valence-electron chi connectivity index (χ3n) is 6.09. The van der Waals surface area contributed by atoms with Gasteiger partial charge >= 0.3 is 0 Å². The number of halogens is 2. The van der Waals surface area contributed by atoms with Crippen molar-refractivity contribution in [2.45, 2.75) is 6.61 Å². The number of carbonyl (C=O) groups is 3. The minimum absolute atomic E-state index is 0.172. The first kappa shape index (κ1) is 27.7. The molecule has 202 valence electrons. The molecule has 0 radical (unpaired) electrons.